The van der Waals surface area contributed by atoms with E-state index in [4.69, 9.17) is 28.9 Å². The van der Waals surface area contributed by atoms with Gasteiger partial charge in [0.15, 0.2) is 0 Å². The van der Waals surface area contributed by atoms with E-state index in [1.54, 1.807) is 13.3 Å². The van der Waals surface area contributed by atoms with Crippen molar-refractivity contribution < 1.29 is 38.1 Å². The second-order valence-electron chi connectivity index (χ2n) is 16.8. The number of likely N-dealkylation sites (tertiary alicyclic amines) is 2. The van der Waals surface area contributed by atoms with Crippen LogP contribution in [-0.4, -0.2) is 106 Å². The van der Waals surface area contributed by atoms with Crippen LogP contribution in [0.15, 0.2) is 48.7 Å². The largest absolute Gasteiger partial charge is 0.488 e. The van der Waals surface area contributed by atoms with Gasteiger partial charge in [-0.2, -0.15) is 0 Å². The number of aromatic amines is 2. The van der Waals surface area contributed by atoms with E-state index in [1.807, 2.05) is 43.6 Å². The first-order valence-electron chi connectivity index (χ1n) is 21.5. The molecule has 7 atom stereocenters. The van der Waals surface area contributed by atoms with Crippen LogP contribution < -0.4 is 15.4 Å². The van der Waals surface area contributed by atoms with E-state index in [9.17, 15) is 19.2 Å². The molecule has 328 valence electrons. The third-order valence-corrected chi connectivity index (χ3v) is 13.0. The number of nitrogens with one attached hydrogen (secondary N) is 4. The minimum absolute atomic E-state index is 0.0185. The van der Waals surface area contributed by atoms with Crippen LogP contribution in [0.4, 0.5) is 9.59 Å². The number of imidazole rings is 2. The highest BCUT2D eigenvalue weighted by molar-refractivity contribution is 6.07. The maximum absolute atomic E-state index is 14.1. The Morgan fingerprint density at radius 1 is 0.903 bits per heavy atom. The Morgan fingerprint density at radius 3 is 2.44 bits per heavy atom. The van der Waals surface area contributed by atoms with Crippen molar-refractivity contribution in [3.05, 3.63) is 65.9 Å². The quantitative estimate of drug-likeness (QED) is 0.100. The van der Waals surface area contributed by atoms with Gasteiger partial charge < -0.3 is 49.3 Å². The standard InChI is InChI=1S/C46H56N8O8/c1-8-24(3)39(52-46(58)61-7)44(56)53-21-26(22-59-5)16-37(53)41-47-20-35(49-41)28-11-13-30-29(17-28)23-62-38-19-31-27(18-32(30)38)12-14-34-40(31)51-42(48-34)36-15-10-25(4)54(36)43(55)33(9-2)50-45(57)60-6/h11-14,17-20,24-26,33,36-37,39H,8-10,15-16,21-23H2,1-7H3,(H,47,49)(H,48,51)(H,50,57)(H,52,58)/t24-,25-,26-,33-,36?,37?,39-/m0/s1. The molecule has 0 aliphatic carbocycles. The molecular weight excluding hydrogens is 793 g/mol. The van der Waals surface area contributed by atoms with Crippen LogP contribution in [0.3, 0.4) is 0 Å². The molecule has 3 aliphatic rings. The molecule has 16 nitrogen and oxygen atoms in total. The molecule has 2 saturated heterocycles. The molecule has 8 rings (SSSR count). The van der Waals surface area contributed by atoms with Crippen LogP contribution in [0.5, 0.6) is 5.75 Å². The van der Waals surface area contributed by atoms with E-state index in [0.29, 0.717) is 50.7 Å². The highest BCUT2D eigenvalue weighted by Crippen LogP contribution is 2.44. The summed E-state index contributed by atoms with van der Waals surface area (Å²) in [7, 11) is 4.24. The fraction of sp³-hybridized carbons (Fsp3) is 0.478. The van der Waals surface area contributed by atoms with Crippen molar-refractivity contribution in [2.75, 3.05) is 34.5 Å². The van der Waals surface area contributed by atoms with E-state index < -0.39 is 24.3 Å². The number of methoxy groups -OCH3 is 3. The number of ether oxygens (including phenoxy) is 4. The predicted molar refractivity (Wildman–Crippen MR) is 232 cm³/mol. The molecule has 4 amide bonds. The van der Waals surface area contributed by atoms with Gasteiger partial charge in [-0.3, -0.25) is 9.59 Å². The van der Waals surface area contributed by atoms with Crippen molar-refractivity contribution >= 4 is 45.8 Å². The van der Waals surface area contributed by atoms with Gasteiger partial charge in [0.25, 0.3) is 0 Å². The van der Waals surface area contributed by atoms with Crippen molar-refractivity contribution in [1.82, 2.24) is 40.4 Å². The van der Waals surface area contributed by atoms with Crippen molar-refractivity contribution in [3.8, 4) is 28.1 Å². The molecule has 0 spiro atoms. The third kappa shape index (κ3) is 7.91. The summed E-state index contributed by atoms with van der Waals surface area (Å²) in [5, 5.41) is 7.41. The maximum Gasteiger partial charge on any atom is 0.407 e. The molecule has 0 radical (unpaired) electrons. The zero-order valence-electron chi connectivity index (χ0n) is 36.4. The normalized spacial score (nSPS) is 20.9. The van der Waals surface area contributed by atoms with Crippen molar-refractivity contribution in [2.45, 2.75) is 96.6 Å². The summed E-state index contributed by atoms with van der Waals surface area (Å²) in [6.07, 6.45) is 3.91. The van der Waals surface area contributed by atoms with Crippen molar-refractivity contribution in [3.63, 3.8) is 0 Å². The fourth-order valence-electron chi connectivity index (χ4n) is 9.46. The average Bonchev–Trinajstić information content (AvgIpc) is 4.11. The Kier molecular flexibility index (Phi) is 12.1. The highest BCUT2D eigenvalue weighted by Gasteiger charge is 2.43. The number of aromatic nitrogens is 4. The number of carbonyl (C=O) groups excluding carboxylic acids is 4. The molecule has 0 bridgehead atoms. The smallest absolute Gasteiger partial charge is 0.407 e. The summed E-state index contributed by atoms with van der Waals surface area (Å²) >= 11 is 0. The minimum atomic E-state index is -0.740. The van der Waals surface area contributed by atoms with E-state index in [0.717, 1.165) is 68.3 Å². The Labute approximate surface area is 360 Å². The molecule has 4 N–H and O–H groups in total. The molecule has 2 aromatic heterocycles. The van der Waals surface area contributed by atoms with Crippen LogP contribution in [0.25, 0.3) is 44.2 Å². The molecule has 62 heavy (non-hydrogen) atoms. The van der Waals surface area contributed by atoms with Crippen LogP contribution in [0, 0.1) is 11.8 Å². The maximum atomic E-state index is 14.1. The zero-order chi connectivity index (χ0) is 43.8. The number of H-pyrrole nitrogens is 2. The van der Waals surface area contributed by atoms with Crippen LogP contribution >= 0.6 is 0 Å². The summed E-state index contributed by atoms with van der Waals surface area (Å²) in [6.45, 7) is 9.19. The predicted octanol–water partition coefficient (Wildman–Crippen LogP) is 7.16. The Balaban J connectivity index is 1.05. The highest BCUT2D eigenvalue weighted by atomic mass is 16.5. The van der Waals surface area contributed by atoms with Gasteiger partial charge in [-0.05, 0) is 84.9 Å². The van der Waals surface area contributed by atoms with E-state index >= 15 is 0 Å². The van der Waals surface area contributed by atoms with Gasteiger partial charge in [-0.1, -0.05) is 45.4 Å². The Bertz CT molecular complexity index is 2500. The summed E-state index contributed by atoms with van der Waals surface area (Å²) in [6, 6.07) is 12.6. The summed E-state index contributed by atoms with van der Waals surface area (Å²) < 4.78 is 21.6. The van der Waals surface area contributed by atoms with Gasteiger partial charge >= 0.3 is 12.2 Å². The molecule has 3 aromatic carbocycles. The number of carbonyl (C=O) groups is 4. The minimum Gasteiger partial charge on any atom is -0.488 e. The first-order valence-corrected chi connectivity index (χ1v) is 21.5. The number of fused-ring (bicyclic) bond motifs is 6. The van der Waals surface area contributed by atoms with Gasteiger partial charge in [0.05, 0.1) is 55.8 Å². The molecule has 5 heterocycles. The van der Waals surface area contributed by atoms with Gasteiger partial charge in [0, 0.05) is 36.6 Å². The second-order valence-corrected chi connectivity index (χ2v) is 16.8. The number of nitrogens with zero attached hydrogens (tertiary/aromatic N) is 4. The zero-order valence-corrected chi connectivity index (χ0v) is 36.4. The number of hydrogen-bond acceptors (Lipinski definition) is 10. The van der Waals surface area contributed by atoms with Gasteiger partial charge in [0.1, 0.15) is 36.1 Å². The molecular formula is C46H56N8O8. The molecule has 2 fully saturated rings. The van der Waals surface area contributed by atoms with Gasteiger partial charge in [0.2, 0.25) is 11.8 Å². The lowest BCUT2D eigenvalue weighted by atomic mass is 9.92. The number of rotatable bonds is 12. The van der Waals surface area contributed by atoms with Crippen LogP contribution in [0.1, 0.15) is 89.1 Å². The lowest BCUT2D eigenvalue weighted by Crippen LogP contribution is -2.51. The number of hydrogen-bond donors (Lipinski definition) is 4. The summed E-state index contributed by atoms with van der Waals surface area (Å²) in [5.41, 5.74) is 6.52. The second kappa shape index (κ2) is 17.7. The molecule has 5 aromatic rings. The molecule has 3 aliphatic heterocycles. The van der Waals surface area contributed by atoms with Gasteiger partial charge in [-0.25, -0.2) is 19.6 Å². The average molecular weight is 849 g/mol. The van der Waals surface area contributed by atoms with Crippen molar-refractivity contribution in [2.24, 2.45) is 11.8 Å². The summed E-state index contributed by atoms with van der Waals surface area (Å²) in [4.78, 5) is 72.8. The first-order chi connectivity index (χ1) is 30.0. The Morgan fingerprint density at radius 2 is 1.69 bits per heavy atom. The van der Waals surface area contributed by atoms with E-state index in [2.05, 4.69) is 57.0 Å². The lowest BCUT2D eigenvalue weighted by molar-refractivity contribution is -0.136. The van der Waals surface area contributed by atoms with E-state index in [-0.39, 0.29) is 41.8 Å². The molecule has 16 heteroatoms. The van der Waals surface area contributed by atoms with Crippen LogP contribution in [-0.2, 0) is 30.4 Å². The topological polar surface area (TPSA) is 193 Å². The molecule has 0 saturated carbocycles. The first kappa shape index (κ1) is 42.5. The summed E-state index contributed by atoms with van der Waals surface area (Å²) in [5.74, 6) is 1.83. The monoisotopic (exact) mass is 848 g/mol. The SMILES string of the molecule is CC[C@H](NC(=O)OC)C(=O)N1C(c2nc3c(ccc4cc5c(cc43)OCc3cc(-c4cnc(C6C[C@H](COC)CN6C(=O)[C@@H](NC(=O)OC)[C@@H](C)CC)[nH]4)ccc3-5)[nH]2)CC[C@@H]1C. The Hall–Kier alpha value is -6.16. The lowest BCUT2D eigenvalue weighted by Gasteiger charge is -2.31. The number of benzene rings is 3. The van der Waals surface area contributed by atoms with E-state index in [1.165, 1.54) is 14.2 Å². The number of amides is 4. The van der Waals surface area contributed by atoms with Crippen LogP contribution in [0.2, 0.25) is 0 Å². The third-order valence-electron chi connectivity index (χ3n) is 13.0. The fourth-order valence-corrected chi connectivity index (χ4v) is 9.46. The van der Waals surface area contributed by atoms with Gasteiger partial charge in [-0.15, -0.1) is 0 Å². The molecule has 2 unspecified atom stereocenters. The van der Waals surface area contributed by atoms with Crippen molar-refractivity contribution in [1.29, 1.82) is 0 Å². The number of alkyl carbamates (subject to hydrolysis) is 2.